The van der Waals surface area contributed by atoms with Gasteiger partial charge >= 0.3 is 5.97 Å². The molecule has 0 bridgehead atoms. The summed E-state index contributed by atoms with van der Waals surface area (Å²) in [4.78, 5) is 31.4. The maximum atomic E-state index is 12.6. The maximum Gasteiger partial charge on any atom is 0.345 e. The molecular formula is C20H15N3O4. The molecule has 0 spiro atoms. The van der Waals surface area contributed by atoms with Crippen LogP contribution in [0, 0.1) is 6.92 Å². The first kappa shape index (κ1) is 16.6. The second-order valence-corrected chi connectivity index (χ2v) is 6.03. The van der Waals surface area contributed by atoms with Gasteiger partial charge in [0.2, 0.25) is 11.7 Å². The van der Waals surface area contributed by atoms with Crippen molar-refractivity contribution in [1.29, 1.82) is 0 Å². The van der Waals surface area contributed by atoms with Crippen molar-refractivity contribution in [3.05, 3.63) is 77.1 Å². The number of fused-ring (bicyclic) bond motifs is 1. The number of nitrogens with zero attached hydrogens (tertiary/aromatic N) is 1. The van der Waals surface area contributed by atoms with Crippen LogP contribution in [-0.2, 0) is 14.3 Å². The molecule has 0 radical (unpaired) electrons. The molecule has 0 unspecified atom stereocenters. The van der Waals surface area contributed by atoms with E-state index in [1.807, 2.05) is 31.2 Å². The van der Waals surface area contributed by atoms with Crippen molar-refractivity contribution in [3.63, 3.8) is 0 Å². The summed E-state index contributed by atoms with van der Waals surface area (Å²) < 4.78 is 5.59. The minimum Gasteiger partial charge on any atom is -0.477 e. The molecule has 27 heavy (non-hydrogen) atoms. The number of anilines is 1. The number of H-pyrrole nitrogens is 1. The Morgan fingerprint density at radius 1 is 1.26 bits per heavy atom. The second-order valence-electron chi connectivity index (χ2n) is 6.03. The number of carboxylic acid groups (broad SMARTS) is 1. The molecule has 3 heterocycles. The van der Waals surface area contributed by atoms with Gasteiger partial charge in [-0.25, -0.2) is 9.78 Å². The van der Waals surface area contributed by atoms with Crippen LogP contribution in [0.5, 0.6) is 0 Å². The van der Waals surface area contributed by atoms with Crippen LogP contribution in [-0.4, -0.2) is 26.8 Å². The van der Waals surface area contributed by atoms with E-state index in [0.29, 0.717) is 16.9 Å². The molecule has 1 aliphatic heterocycles. The topological polar surface area (TPSA) is 104 Å². The summed E-state index contributed by atoms with van der Waals surface area (Å²) in [6, 6.07) is 11.0. The van der Waals surface area contributed by atoms with E-state index in [1.54, 1.807) is 24.5 Å². The summed E-state index contributed by atoms with van der Waals surface area (Å²) >= 11 is 0. The molecule has 7 heteroatoms. The van der Waals surface area contributed by atoms with E-state index in [-0.39, 0.29) is 11.6 Å². The van der Waals surface area contributed by atoms with Crippen molar-refractivity contribution in [3.8, 4) is 0 Å². The van der Waals surface area contributed by atoms with Crippen LogP contribution in [0.2, 0.25) is 0 Å². The van der Waals surface area contributed by atoms with E-state index < -0.39 is 17.3 Å². The van der Waals surface area contributed by atoms with Crippen LogP contribution >= 0.6 is 0 Å². The highest BCUT2D eigenvalue weighted by molar-refractivity contribution is 6.26. The second kappa shape index (κ2) is 6.45. The predicted molar refractivity (Wildman–Crippen MR) is 99.6 cm³/mol. The minimum atomic E-state index is -1.35. The fourth-order valence-electron chi connectivity index (χ4n) is 2.88. The van der Waals surface area contributed by atoms with Crippen molar-refractivity contribution < 1.29 is 19.4 Å². The number of benzene rings is 1. The van der Waals surface area contributed by atoms with Gasteiger partial charge in [-0.1, -0.05) is 18.2 Å². The number of carbonyl (C=O) groups is 2. The summed E-state index contributed by atoms with van der Waals surface area (Å²) in [5.74, 6) is -2.18. The molecule has 4 rings (SSSR count). The van der Waals surface area contributed by atoms with Gasteiger partial charge in [0.1, 0.15) is 5.65 Å². The van der Waals surface area contributed by atoms with Gasteiger partial charge in [0.15, 0.2) is 11.3 Å². The van der Waals surface area contributed by atoms with E-state index in [9.17, 15) is 14.7 Å². The van der Waals surface area contributed by atoms with Crippen LogP contribution in [0.1, 0.15) is 11.1 Å². The van der Waals surface area contributed by atoms with Gasteiger partial charge in [-0.05, 0) is 36.8 Å². The molecule has 1 aliphatic rings. The lowest BCUT2D eigenvalue weighted by Gasteiger charge is -2.10. The Kier molecular flexibility index (Phi) is 3.97. The van der Waals surface area contributed by atoms with Crippen LogP contribution in [0.25, 0.3) is 17.1 Å². The number of aliphatic carboxylic acids is 1. The summed E-state index contributed by atoms with van der Waals surface area (Å²) in [5.41, 5.74) is 2.48. The number of carbonyl (C=O) groups excluding carboxylic acids is 1. The van der Waals surface area contributed by atoms with Crippen LogP contribution in [0.4, 0.5) is 5.69 Å². The van der Waals surface area contributed by atoms with Gasteiger partial charge in [0.05, 0.1) is 0 Å². The highest BCUT2D eigenvalue weighted by Crippen LogP contribution is 2.30. The van der Waals surface area contributed by atoms with Crippen LogP contribution in [0.15, 0.2) is 66.0 Å². The quantitative estimate of drug-likeness (QED) is 0.487. The number of pyridine rings is 1. The number of aromatic nitrogens is 2. The van der Waals surface area contributed by atoms with Crippen molar-refractivity contribution in [2.45, 2.75) is 6.92 Å². The lowest BCUT2D eigenvalue weighted by atomic mass is 10.1. The number of carboxylic acids is 1. The average Bonchev–Trinajstić information content (AvgIpc) is 3.19. The number of nitrogens with one attached hydrogen (secondary N) is 2. The van der Waals surface area contributed by atoms with Crippen molar-refractivity contribution >= 4 is 34.5 Å². The summed E-state index contributed by atoms with van der Waals surface area (Å²) in [7, 11) is 0. The molecule has 0 amide bonds. The smallest absolute Gasteiger partial charge is 0.345 e. The summed E-state index contributed by atoms with van der Waals surface area (Å²) in [5, 5.41) is 13.2. The molecule has 0 saturated carbocycles. The molecular weight excluding hydrogens is 346 g/mol. The number of rotatable bonds is 4. The molecule has 3 N–H and O–H groups in total. The first-order valence-electron chi connectivity index (χ1n) is 8.21. The van der Waals surface area contributed by atoms with E-state index in [2.05, 4.69) is 15.3 Å². The van der Waals surface area contributed by atoms with E-state index in [1.165, 1.54) is 6.08 Å². The standard InChI is InChI=1S/C20H15N3O4/c1-11-5-2-3-7-14(11)23-19-16(20(25)26)17(24)15(27-19)9-12-10-22-18-13(12)6-4-8-21-18/h2-10,23H,1H3,(H,21,22)(H,25,26). The molecule has 7 nitrogen and oxygen atoms in total. The van der Waals surface area contributed by atoms with Crippen molar-refractivity contribution in [2.75, 3.05) is 5.32 Å². The third kappa shape index (κ3) is 2.95. The zero-order valence-electron chi connectivity index (χ0n) is 14.3. The van der Waals surface area contributed by atoms with E-state index in [4.69, 9.17) is 4.74 Å². The Bertz CT molecular complexity index is 1140. The molecule has 1 aromatic carbocycles. The number of aryl methyl sites for hydroxylation is 1. The third-order valence-corrected chi connectivity index (χ3v) is 4.27. The highest BCUT2D eigenvalue weighted by atomic mass is 16.5. The molecule has 0 atom stereocenters. The number of aromatic amines is 1. The van der Waals surface area contributed by atoms with Gasteiger partial charge < -0.3 is 20.1 Å². The van der Waals surface area contributed by atoms with Gasteiger partial charge in [-0.2, -0.15) is 0 Å². The van der Waals surface area contributed by atoms with Gasteiger partial charge in [0, 0.05) is 29.0 Å². The van der Waals surface area contributed by atoms with Gasteiger partial charge in [-0.15, -0.1) is 0 Å². The van der Waals surface area contributed by atoms with Crippen molar-refractivity contribution in [2.24, 2.45) is 0 Å². The number of hydrogen-bond acceptors (Lipinski definition) is 5. The third-order valence-electron chi connectivity index (χ3n) is 4.27. The average molecular weight is 361 g/mol. The first-order chi connectivity index (χ1) is 13.0. The monoisotopic (exact) mass is 361 g/mol. The molecule has 0 saturated heterocycles. The Morgan fingerprint density at radius 2 is 2.07 bits per heavy atom. The number of hydrogen-bond donors (Lipinski definition) is 3. The Morgan fingerprint density at radius 3 is 2.85 bits per heavy atom. The molecule has 0 aliphatic carbocycles. The van der Waals surface area contributed by atoms with Crippen LogP contribution < -0.4 is 5.32 Å². The fourth-order valence-corrected chi connectivity index (χ4v) is 2.88. The molecule has 3 aromatic rings. The fraction of sp³-hybridized carbons (Fsp3) is 0.0500. The van der Waals surface area contributed by atoms with E-state index >= 15 is 0 Å². The maximum absolute atomic E-state index is 12.6. The number of allylic oxidation sites excluding steroid dienone is 1. The lowest BCUT2D eigenvalue weighted by molar-refractivity contribution is -0.134. The number of ether oxygens (including phenoxy) is 1. The molecule has 0 fully saturated rings. The number of Topliss-reactive ketones (excluding diaryl/α,β-unsaturated/α-hetero) is 1. The van der Waals surface area contributed by atoms with Gasteiger partial charge in [0.25, 0.3) is 0 Å². The number of para-hydroxylation sites is 1. The first-order valence-corrected chi connectivity index (χ1v) is 8.21. The van der Waals surface area contributed by atoms with Crippen molar-refractivity contribution in [1.82, 2.24) is 9.97 Å². The Balaban J connectivity index is 1.71. The largest absolute Gasteiger partial charge is 0.477 e. The predicted octanol–water partition coefficient (Wildman–Crippen LogP) is 3.22. The SMILES string of the molecule is Cc1ccccc1NC1=C(C(=O)O)C(=O)C(=Cc2c[nH]c3ncccc23)O1. The van der Waals surface area contributed by atoms with Crippen LogP contribution in [0.3, 0.4) is 0 Å². The lowest BCUT2D eigenvalue weighted by Crippen LogP contribution is -2.12. The van der Waals surface area contributed by atoms with Gasteiger partial charge in [-0.3, -0.25) is 4.79 Å². The Hall–Kier alpha value is -3.87. The molecule has 134 valence electrons. The Labute approximate surface area is 154 Å². The summed E-state index contributed by atoms with van der Waals surface area (Å²) in [6.07, 6.45) is 4.86. The zero-order valence-corrected chi connectivity index (χ0v) is 14.3. The molecule has 2 aromatic heterocycles. The van der Waals surface area contributed by atoms with E-state index in [0.717, 1.165) is 10.9 Å². The summed E-state index contributed by atoms with van der Waals surface area (Å²) in [6.45, 7) is 1.87. The highest BCUT2D eigenvalue weighted by Gasteiger charge is 2.36. The number of ketones is 1. The minimum absolute atomic E-state index is 0.0618. The normalized spacial score (nSPS) is 15.4. The zero-order chi connectivity index (χ0) is 19.0.